The van der Waals surface area contributed by atoms with Crippen LogP contribution >= 0.6 is 0 Å². The van der Waals surface area contributed by atoms with Crippen molar-refractivity contribution in [3.8, 4) is 5.88 Å². The predicted molar refractivity (Wildman–Crippen MR) is 89.1 cm³/mol. The summed E-state index contributed by atoms with van der Waals surface area (Å²) in [6.45, 7) is 1.65. The highest BCUT2D eigenvalue weighted by atomic mass is 32.2. The van der Waals surface area contributed by atoms with Crippen molar-refractivity contribution < 1.29 is 13.2 Å². The van der Waals surface area contributed by atoms with Crippen molar-refractivity contribution >= 4 is 10.0 Å². The monoisotopic (exact) mass is 345 g/mol. The summed E-state index contributed by atoms with van der Waals surface area (Å²) in [4.78, 5) is 6.40. The first-order valence-corrected chi connectivity index (χ1v) is 9.36. The molecule has 2 aromatic rings. The highest BCUT2D eigenvalue weighted by Gasteiger charge is 2.46. The second-order valence-corrected chi connectivity index (χ2v) is 8.15. The molecular formula is C17H19N3O3S. The molecular weight excluding hydrogens is 326 g/mol. The molecule has 0 radical (unpaired) electrons. The maximum absolute atomic E-state index is 13.3. The molecule has 1 aromatic heterocycles. The average Bonchev–Trinajstić information content (AvgIpc) is 2.90. The molecule has 2 aliphatic heterocycles. The molecule has 1 fully saturated rings. The second-order valence-electron chi connectivity index (χ2n) is 6.29. The van der Waals surface area contributed by atoms with Crippen LogP contribution in [0.4, 0.5) is 0 Å². The van der Waals surface area contributed by atoms with Gasteiger partial charge in [-0.3, -0.25) is 0 Å². The van der Waals surface area contributed by atoms with Crippen molar-refractivity contribution in [2.45, 2.75) is 23.6 Å². The number of hydrogen-bond donors (Lipinski definition) is 0. The number of fused-ring (bicyclic) bond motifs is 2. The number of likely N-dealkylation sites (N-methyl/N-ethyl adjacent to an activating group) is 1. The topological polar surface area (TPSA) is 62.7 Å². The van der Waals surface area contributed by atoms with Crippen molar-refractivity contribution in [3.05, 3.63) is 54.2 Å². The van der Waals surface area contributed by atoms with Gasteiger partial charge in [0.25, 0.3) is 0 Å². The number of aromatic nitrogens is 1. The van der Waals surface area contributed by atoms with Crippen LogP contribution in [-0.4, -0.2) is 54.9 Å². The highest BCUT2D eigenvalue weighted by Crippen LogP contribution is 2.35. The van der Waals surface area contributed by atoms with Crippen LogP contribution in [0.3, 0.4) is 0 Å². The Morgan fingerprint density at radius 3 is 2.75 bits per heavy atom. The number of sulfonamides is 1. The van der Waals surface area contributed by atoms with E-state index in [1.54, 1.807) is 22.6 Å². The van der Waals surface area contributed by atoms with Crippen LogP contribution in [-0.2, 0) is 16.6 Å². The van der Waals surface area contributed by atoms with Crippen molar-refractivity contribution in [2.24, 2.45) is 0 Å². The molecule has 24 heavy (non-hydrogen) atoms. The number of nitrogens with zero attached hydrogens (tertiary/aromatic N) is 3. The molecule has 0 unspecified atom stereocenters. The molecule has 0 amide bonds. The molecule has 3 heterocycles. The first-order chi connectivity index (χ1) is 11.6. The zero-order chi connectivity index (χ0) is 16.7. The van der Waals surface area contributed by atoms with Gasteiger partial charge in [0, 0.05) is 25.8 Å². The summed E-state index contributed by atoms with van der Waals surface area (Å²) in [6, 6.07) is 12.6. The van der Waals surface area contributed by atoms with Gasteiger partial charge in [0.15, 0.2) is 0 Å². The zero-order valence-electron chi connectivity index (χ0n) is 13.4. The minimum atomic E-state index is -3.68. The summed E-state index contributed by atoms with van der Waals surface area (Å²) in [5.74, 6) is 0.207. The van der Waals surface area contributed by atoms with E-state index in [2.05, 4.69) is 9.88 Å². The van der Waals surface area contributed by atoms with Gasteiger partial charge >= 0.3 is 0 Å². The third-order valence-electron chi connectivity index (χ3n) is 4.56. The molecule has 0 bridgehead atoms. The highest BCUT2D eigenvalue weighted by molar-refractivity contribution is 7.89. The summed E-state index contributed by atoms with van der Waals surface area (Å²) in [5.41, 5.74) is 0.960. The molecule has 6 nitrogen and oxygen atoms in total. The van der Waals surface area contributed by atoms with Crippen LogP contribution in [0.1, 0.15) is 5.56 Å². The predicted octanol–water partition coefficient (Wildman–Crippen LogP) is 1.35. The smallest absolute Gasteiger partial charge is 0.249 e. The normalized spacial score (nSPS) is 26.2. The van der Waals surface area contributed by atoms with E-state index < -0.39 is 10.0 Å². The fraction of sp³-hybridized carbons (Fsp3) is 0.353. The number of hydrogen-bond acceptors (Lipinski definition) is 5. The molecule has 0 N–H and O–H groups in total. The third kappa shape index (κ3) is 2.58. The van der Waals surface area contributed by atoms with Gasteiger partial charge in [-0.1, -0.05) is 30.3 Å². The van der Waals surface area contributed by atoms with Crippen LogP contribution in [0.2, 0.25) is 0 Å². The Hall–Kier alpha value is -1.96. The van der Waals surface area contributed by atoms with Gasteiger partial charge in [0.05, 0.1) is 6.04 Å². The number of ether oxygens (including phenoxy) is 1. The van der Waals surface area contributed by atoms with Crippen LogP contribution in [0.15, 0.2) is 53.6 Å². The second kappa shape index (κ2) is 5.84. The minimum absolute atomic E-state index is 0.151. The van der Waals surface area contributed by atoms with Crippen LogP contribution in [0.25, 0.3) is 0 Å². The lowest BCUT2D eigenvalue weighted by Gasteiger charge is -2.28. The summed E-state index contributed by atoms with van der Waals surface area (Å²) < 4.78 is 34.1. The maximum Gasteiger partial charge on any atom is 0.249 e. The number of rotatable bonds is 2. The van der Waals surface area contributed by atoms with Crippen molar-refractivity contribution in [2.75, 3.05) is 20.1 Å². The SMILES string of the molecule is CN1C[C@@H]2[C@@H](C1)Oc1ncccc1S(=O)(=O)N2Cc1ccccc1. The Morgan fingerprint density at radius 2 is 1.96 bits per heavy atom. The fourth-order valence-corrected chi connectivity index (χ4v) is 5.11. The van der Waals surface area contributed by atoms with Gasteiger partial charge in [-0.15, -0.1) is 0 Å². The average molecular weight is 345 g/mol. The summed E-state index contributed by atoms with van der Waals surface area (Å²) in [6.07, 6.45) is 1.35. The first-order valence-electron chi connectivity index (χ1n) is 7.92. The van der Waals surface area contributed by atoms with E-state index in [4.69, 9.17) is 4.74 Å². The van der Waals surface area contributed by atoms with E-state index in [1.165, 1.54) is 0 Å². The lowest BCUT2D eigenvalue weighted by Crippen LogP contribution is -2.46. The van der Waals surface area contributed by atoms with E-state index in [0.717, 1.165) is 5.56 Å². The lowest BCUT2D eigenvalue weighted by molar-refractivity contribution is 0.145. The van der Waals surface area contributed by atoms with E-state index in [-0.39, 0.29) is 22.9 Å². The molecule has 4 rings (SSSR count). The molecule has 0 aliphatic carbocycles. The standard InChI is InChI=1S/C17H19N3O3S/c1-19-11-14-15(12-19)23-17-16(8-5-9-18-17)24(21,22)20(14)10-13-6-3-2-4-7-13/h2-9,14-15H,10-12H2,1H3/t14-,15-/m1/s1. The molecule has 7 heteroatoms. The Morgan fingerprint density at radius 1 is 1.17 bits per heavy atom. The van der Waals surface area contributed by atoms with E-state index in [1.807, 2.05) is 37.4 Å². The molecule has 126 valence electrons. The van der Waals surface area contributed by atoms with Crippen molar-refractivity contribution in [1.29, 1.82) is 0 Å². The quantitative estimate of drug-likeness (QED) is 0.822. The Bertz CT molecular complexity index is 841. The molecule has 0 spiro atoms. The molecule has 2 atom stereocenters. The van der Waals surface area contributed by atoms with Gasteiger partial charge < -0.3 is 9.64 Å². The molecule has 1 aromatic carbocycles. The van der Waals surface area contributed by atoms with Gasteiger partial charge in [-0.25, -0.2) is 13.4 Å². The van der Waals surface area contributed by atoms with Gasteiger partial charge in [-0.2, -0.15) is 4.31 Å². The van der Waals surface area contributed by atoms with Gasteiger partial charge in [-0.05, 0) is 24.7 Å². The van der Waals surface area contributed by atoms with Crippen LogP contribution < -0.4 is 4.74 Å². The van der Waals surface area contributed by atoms with E-state index >= 15 is 0 Å². The summed E-state index contributed by atoms with van der Waals surface area (Å²) >= 11 is 0. The van der Waals surface area contributed by atoms with Crippen molar-refractivity contribution in [3.63, 3.8) is 0 Å². The Kier molecular flexibility index (Phi) is 3.79. The van der Waals surface area contributed by atoms with Gasteiger partial charge in [0.2, 0.25) is 15.9 Å². The molecule has 2 aliphatic rings. The zero-order valence-corrected chi connectivity index (χ0v) is 14.2. The van der Waals surface area contributed by atoms with Crippen LogP contribution in [0.5, 0.6) is 5.88 Å². The van der Waals surface area contributed by atoms with Gasteiger partial charge in [0.1, 0.15) is 11.0 Å². The Balaban J connectivity index is 1.81. The lowest BCUT2D eigenvalue weighted by atomic mass is 10.1. The number of likely N-dealkylation sites (tertiary alicyclic amines) is 1. The fourth-order valence-electron chi connectivity index (χ4n) is 3.41. The van der Waals surface area contributed by atoms with E-state index in [9.17, 15) is 8.42 Å². The Labute approximate surface area is 141 Å². The first kappa shape index (κ1) is 15.6. The largest absolute Gasteiger partial charge is 0.470 e. The third-order valence-corrected chi connectivity index (χ3v) is 6.44. The summed E-state index contributed by atoms with van der Waals surface area (Å²) in [5, 5.41) is 0. The molecule has 0 saturated carbocycles. The minimum Gasteiger partial charge on any atom is -0.470 e. The van der Waals surface area contributed by atoms with Crippen molar-refractivity contribution in [1.82, 2.24) is 14.2 Å². The van der Waals surface area contributed by atoms with Crippen LogP contribution in [0, 0.1) is 0 Å². The molecule has 1 saturated heterocycles. The van der Waals surface area contributed by atoms with E-state index in [0.29, 0.717) is 19.6 Å². The summed E-state index contributed by atoms with van der Waals surface area (Å²) in [7, 11) is -1.70. The maximum atomic E-state index is 13.3. The number of benzene rings is 1. The number of pyridine rings is 1.